The first-order valence-corrected chi connectivity index (χ1v) is 14.0. The van der Waals surface area contributed by atoms with Crippen molar-refractivity contribution in [3.05, 3.63) is 59.8 Å². The van der Waals surface area contributed by atoms with Crippen LogP contribution in [-0.2, 0) is 9.53 Å². The van der Waals surface area contributed by atoms with Gasteiger partial charge in [-0.05, 0) is 67.9 Å². The lowest BCUT2D eigenvalue weighted by Gasteiger charge is -2.22. The molecule has 3 N–H and O–H groups in total. The highest BCUT2D eigenvalue weighted by molar-refractivity contribution is 5.97. The van der Waals surface area contributed by atoms with Crippen LogP contribution in [0.15, 0.2) is 48.7 Å². The lowest BCUT2D eigenvalue weighted by molar-refractivity contribution is -0.114. The number of nitrogens with one attached hydrogen (secondary N) is 3. The monoisotopic (exact) mass is 555 g/mol. The number of nitrogens with zero attached hydrogens (tertiary/aromatic N) is 4. The van der Waals surface area contributed by atoms with Gasteiger partial charge in [0.15, 0.2) is 5.65 Å². The summed E-state index contributed by atoms with van der Waals surface area (Å²) in [6.45, 7) is 5.61. The number of hydrogen-bond donors (Lipinski definition) is 3. The molecule has 4 aromatic rings. The van der Waals surface area contributed by atoms with Crippen molar-refractivity contribution in [2.45, 2.75) is 45.6 Å². The smallest absolute Gasteiger partial charge is 0.327 e. The molecule has 1 aliphatic heterocycles. The van der Waals surface area contributed by atoms with Gasteiger partial charge < -0.3 is 25.4 Å². The maximum Gasteiger partial charge on any atom is 0.327 e. The maximum atomic E-state index is 12.7. The molecule has 0 radical (unpaired) electrons. The number of carbonyl (C=O) groups is 2. The van der Waals surface area contributed by atoms with Crippen LogP contribution in [0, 0.1) is 12.8 Å². The molecule has 0 bridgehead atoms. The molecule has 11 nitrogen and oxygen atoms in total. The Labute approximate surface area is 237 Å². The summed E-state index contributed by atoms with van der Waals surface area (Å²) in [6.07, 6.45) is 5.79. The van der Waals surface area contributed by atoms with Crippen LogP contribution in [0.25, 0.3) is 16.8 Å². The third-order valence-electron chi connectivity index (χ3n) is 7.30. The molecular formula is C30H33N7O4. The van der Waals surface area contributed by atoms with E-state index >= 15 is 0 Å². The molecule has 1 saturated heterocycles. The Balaban J connectivity index is 1.34. The fraction of sp³-hybridized carbons (Fsp3) is 0.367. The molecule has 1 saturated carbocycles. The lowest BCUT2D eigenvalue weighted by atomic mass is 10.0. The van der Waals surface area contributed by atoms with Gasteiger partial charge in [-0.3, -0.25) is 9.59 Å². The fourth-order valence-electron chi connectivity index (χ4n) is 4.93. The molecule has 2 aliphatic rings. The van der Waals surface area contributed by atoms with E-state index in [1.165, 1.54) is 6.92 Å². The molecule has 0 atom stereocenters. The number of fused-ring (bicyclic) bond motifs is 1. The van der Waals surface area contributed by atoms with E-state index in [0.29, 0.717) is 47.1 Å². The second-order valence-corrected chi connectivity index (χ2v) is 10.6. The van der Waals surface area contributed by atoms with Gasteiger partial charge in [-0.25, -0.2) is 0 Å². The molecule has 0 spiro atoms. The largest absolute Gasteiger partial charge is 0.424 e. The molecule has 0 unspecified atom stereocenters. The number of amides is 2. The number of rotatable bonds is 9. The van der Waals surface area contributed by atoms with Crippen LogP contribution in [0.1, 0.15) is 48.5 Å². The average molecular weight is 556 g/mol. The zero-order valence-electron chi connectivity index (χ0n) is 23.1. The van der Waals surface area contributed by atoms with Gasteiger partial charge in [0, 0.05) is 55.6 Å². The van der Waals surface area contributed by atoms with E-state index in [-0.39, 0.29) is 17.8 Å². The maximum absolute atomic E-state index is 12.7. The number of hydrogen-bond acceptors (Lipinski definition) is 8. The van der Waals surface area contributed by atoms with Crippen molar-refractivity contribution >= 4 is 29.1 Å². The third kappa shape index (κ3) is 6.30. The van der Waals surface area contributed by atoms with Gasteiger partial charge in [0.25, 0.3) is 5.91 Å². The molecule has 2 aromatic heterocycles. The predicted molar refractivity (Wildman–Crippen MR) is 154 cm³/mol. The summed E-state index contributed by atoms with van der Waals surface area (Å²) >= 11 is 0. The van der Waals surface area contributed by atoms with Crippen molar-refractivity contribution in [1.29, 1.82) is 0 Å². The van der Waals surface area contributed by atoms with Gasteiger partial charge in [-0.15, -0.1) is 0 Å². The highest BCUT2D eigenvalue weighted by Gasteiger charge is 2.25. The van der Waals surface area contributed by atoms with Crippen molar-refractivity contribution in [3.8, 4) is 22.9 Å². The van der Waals surface area contributed by atoms with Crippen LogP contribution in [-0.4, -0.2) is 57.2 Å². The van der Waals surface area contributed by atoms with Gasteiger partial charge in [0.05, 0.1) is 6.20 Å². The molecule has 41 heavy (non-hydrogen) atoms. The van der Waals surface area contributed by atoms with E-state index in [0.717, 1.165) is 55.6 Å². The van der Waals surface area contributed by atoms with Crippen LogP contribution in [0.5, 0.6) is 11.8 Å². The van der Waals surface area contributed by atoms with Crippen molar-refractivity contribution in [2.75, 3.05) is 30.4 Å². The minimum absolute atomic E-state index is 0.0458. The standard InChI is InChI=1S/C30H33N7O4/c1-18-14-21(6-9-25(18)28(39)34-22-7-8-22)26-17-32-37-27(26)35-30(36-29(37)31-16-20-10-12-40-13-11-20)41-24-5-3-4-23(15-24)33-19(2)38/h3-6,9,14-15,17,20,22H,7-8,10-13,16H2,1-2H3,(H,33,38)(H,34,39)(H,31,35,36). The first-order valence-electron chi connectivity index (χ1n) is 14.0. The normalized spacial score (nSPS) is 15.5. The van der Waals surface area contributed by atoms with Gasteiger partial charge in [-0.2, -0.15) is 19.6 Å². The van der Waals surface area contributed by atoms with Crippen LogP contribution < -0.4 is 20.7 Å². The summed E-state index contributed by atoms with van der Waals surface area (Å²) in [5, 5.41) is 13.9. The summed E-state index contributed by atoms with van der Waals surface area (Å²) in [4.78, 5) is 33.6. The Kier molecular flexibility index (Phi) is 7.51. The van der Waals surface area contributed by atoms with Crippen LogP contribution in [0.2, 0.25) is 0 Å². The lowest BCUT2D eigenvalue weighted by Crippen LogP contribution is -2.26. The summed E-state index contributed by atoms with van der Waals surface area (Å²) in [5.74, 6) is 1.24. The van der Waals surface area contributed by atoms with Gasteiger partial charge in [0.1, 0.15) is 5.75 Å². The minimum Gasteiger partial charge on any atom is -0.424 e. The quantitative estimate of drug-likeness (QED) is 0.273. The number of carbonyl (C=O) groups excluding carboxylic acids is 2. The summed E-state index contributed by atoms with van der Waals surface area (Å²) in [7, 11) is 0. The Bertz CT molecular complexity index is 1590. The molecule has 2 fully saturated rings. The number of aryl methyl sites for hydroxylation is 1. The average Bonchev–Trinajstić information content (AvgIpc) is 3.67. The predicted octanol–water partition coefficient (Wildman–Crippen LogP) is 4.58. The topological polar surface area (TPSA) is 132 Å². The molecule has 11 heteroatoms. The molecule has 1 aliphatic carbocycles. The van der Waals surface area contributed by atoms with Crippen molar-refractivity contribution < 1.29 is 19.1 Å². The number of ether oxygens (including phenoxy) is 2. The first kappa shape index (κ1) is 26.7. The zero-order chi connectivity index (χ0) is 28.3. The van der Waals surface area contributed by atoms with E-state index in [1.807, 2.05) is 25.1 Å². The van der Waals surface area contributed by atoms with E-state index in [2.05, 4.69) is 26.0 Å². The van der Waals surface area contributed by atoms with Crippen molar-refractivity contribution in [1.82, 2.24) is 24.9 Å². The molecule has 212 valence electrons. The SMILES string of the molecule is CC(=O)Nc1cccc(Oc2nc(NCC3CCOCC3)n3ncc(-c4ccc(C(=O)NC5CC5)c(C)c4)c3n2)c1. The summed E-state index contributed by atoms with van der Waals surface area (Å²) in [6, 6.07) is 13.3. The van der Waals surface area contributed by atoms with E-state index < -0.39 is 0 Å². The van der Waals surface area contributed by atoms with Crippen molar-refractivity contribution in [2.24, 2.45) is 5.92 Å². The molecule has 6 rings (SSSR count). The molecular weight excluding hydrogens is 522 g/mol. The van der Waals surface area contributed by atoms with Gasteiger partial charge in [0.2, 0.25) is 11.9 Å². The van der Waals surface area contributed by atoms with Gasteiger partial charge in [-0.1, -0.05) is 18.2 Å². The van der Waals surface area contributed by atoms with E-state index in [1.54, 1.807) is 35.0 Å². The van der Waals surface area contributed by atoms with Crippen LogP contribution in [0.4, 0.5) is 11.6 Å². The third-order valence-corrected chi connectivity index (χ3v) is 7.30. The van der Waals surface area contributed by atoms with E-state index in [4.69, 9.17) is 14.5 Å². The fourth-order valence-corrected chi connectivity index (χ4v) is 4.93. The van der Waals surface area contributed by atoms with Crippen molar-refractivity contribution in [3.63, 3.8) is 0 Å². The number of anilines is 2. The zero-order valence-corrected chi connectivity index (χ0v) is 23.1. The number of aromatic nitrogens is 4. The molecule has 3 heterocycles. The highest BCUT2D eigenvalue weighted by Crippen LogP contribution is 2.30. The van der Waals surface area contributed by atoms with Crippen LogP contribution >= 0.6 is 0 Å². The second-order valence-electron chi connectivity index (χ2n) is 10.6. The summed E-state index contributed by atoms with van der Waals surface area (Å²) < 4.78 is 13.3. The Morgan fingerprint density at radius 1 is 1.07 bits per heavy atom. The Morgan fingerprint density at radius 3 is 2.66 bits per heavy atom. The van der Waals surface area contributed by atoms with E-state index in [9.17, 15) is 9.59 Å². The van der Waals surface area contributed by atoms with Gasteiger partial charge >= 0.3 is 6.01 Å². The minimum atomic E-state index is -0.172. The molecule has 2 amide bonds. The second kappa shape index (κ2) is 11.5. The molecule has 2 aromatic carbocycles. The number of benzene rings is 2. The Hall–Kier alpha value is -4.51. The first-order chi connectivity index (χ1) is 19.9. The Morgan fingerprint density at radius 2 is 1.90 bits per heavy atom. The van der Waals surface area contributed by atoms with Crippen LogP contribution in [0.3, 0.4) is 0 Å². The summed E-state index contributed by atoms with van der Waals surface area (Å²) in [5.41, 5.74) is 4.38. The highest BCUT2D eigenvalue weighted by atomic mass is 16.5.